The van der Waals surface area contributed by atoms with E-state index in [0.29, 0.717) is 12.0 Å². The first kappa shape index (κ1) is 10.1. The number of fused-ring (bicyclic) bond motifs is 1. The van der Waals surface area contributed by atoms with E-state index in [1.165, 1.54) is 25.0 Å². The molecule has 0 spiro atoms. The maximum absolute atomic E-state index is 6.41. The Morgan fingerprint density at radius 1 is 1.43 bits per heavy atom. The van der Waals surface area contributed by atoms with Crippen LogP contribution in [0.3, 0.4) is 0 Å². The lowest BCUT2D eigenvalue weighted by atomic mass is 9.55. The lowest BCUT2D eigenvalue weighted by Crippen LogP contribution is -2.43. The standard InChI is InChI=1S/C12H20BN/c1-8-9(2)14(4)11-10(8)6-5-7-12(11,3)13/h10-11H,5-7H2,1-4H3. The third kappa shape index (κ3) is 1.23. The van der Waals surface area contributed by atoms with E-state index in [1.807, 2.05) is 0 Å². The van der Waals surface area contributed by atoms with Crippen molar-refractivity contribution in [2.24, 2.45) is 5.92 Å². The minimum Gasteiger partial charge on any atom is -0.375 e. The third-order valence-electron chi connectivity index (χ3n) is 4.36. The second-order valence-corrected chi connectivity index (χ2v) is 5.33. The molecule has 2 radical (unpaired) electrons. The van der Waals surface area contributed by atoms with Crippen LogP contribution in [0.1, 0.15) is 40.0 Å². The lowest BCUT2D eigenvalue weighted by Gasteiger charge is -2.45. The molecule has 0 saturated heterocycles. The zero-order valence-electron chi connectivity index (χ0n) is 9.80. The van der Waals surface area contributed by atoms with Crippen molar-refractivity contribution in [3.05, 3.63) is 11.3 Å². The van der Waals surface area contributed by atoms with E-state index in [-0.39, 0.29) is 5.31 Å². The van der Waals surface area contributed by atoms with Crippen molar-refractivity contribution in [2.45, 2.75) is 51.4 Å². The largest absolute Gasteiger partial charge is 0.375 e. The molecule has 1 saturated carbocycles. The molecule has 0 N–H and O–H groups in total. The Kier molecular flexibility index (Phi) is 2.21. The summed E-state index contributed by atoms with van der Waals surface area (Å²) in [4.78, 5) is 2.40. The second-order valence-electron chi connectivity index (χ2n) is 5.33. The third-order valence-corrected chi connectivity index (χ3v) is 4.36. The highest BCUT2D eigenvalue weighted by molar-refractivity contribution is 6.15. The maximum Gasteiger partial charge on any atom is 0.0770 e. The van der Waals surface area contributed by atoms with Crippen LogP contribution in [0.2, 0.25) is 5.31 Å². The molecule has 0 bridgehead atoms. The number of hydrogen-bond acceptors (Lipinski definition) is 1. The molecule has 0 amide bonds. The van der Waals surface area contributed by atoms with Crippen molar-refractivity contribution < 1.29 is 0 Å². The van der Waals surface area contributed by atoms with Crippen molar-refractivity contribution in [3.63, 3.8) is 0 Å². The van der Waals surface area contributed by atoms with Crippen LogP contribution in [0.5, 0.6) is 0 Å². The van der Waals surface area contributed by atoms with Crippen LogP contribution in [0.25, 0.3) is 0 Å². The van der Waals surface area contributed by atoms with E-state index in [4.69, 9.17) is 7.85 Å². The van der Waals surface area contributed by atoms with Gasteiger partial charge >= 0.3 is 0 Å². The summed E-state index contributed by atoms with van der Waals surface area (Å²) in [6.45, 7) is 6.72. The minimum absolute atomic E-state index is 0.00329. The number of nitrogens with zero attached hydrogens (tertiary/aromatic N) is 1. The van der Waals surface area contributed by atoms with Gasteiger partial charge in [0.05, 0.1) is 7.85 Å². The van der Waals surface area contributed by atoms with Gasteiger partial charge in [0.25, 0.3) is 0 Å². The Morgan fingerprint density at radius 2 is 2.07 bits per heavy atom. The topological polar surface area (TPSA) is 3.24 Å². The van der Waals surface area contributed by atoms with Crippen molar-refractivity contribution in [2.75, 3.05) is 7.05 Å². The van der Waals surface area contributed by atoms with Gasteiger partial charge in [0.1, 0.15) is 0 Å². The Hall–Kier alpha value is -0.395. The van der Waals surface area contributed by atoms with E-state index in [2.05, 4.69) is 32.7 Å². The predicted molar refractivity (Wildman–Crippen MR) is 61.4 cm³/mol. The minimum atomic E-state index is -0.00329. The Labute approximate surface area is 89.0 Å². The van der Waals surface area contributed by atoms with Crippen molar-refractivity contribution in [3.8, 4) is 0 Å². The average Bonchev–Trinajstić information content (AvgIpc) is 2.31. The SMILES string of the molecule is [B]C1(C)CCCC2C(C)=C(C)N(C)C21. The zero-order chi connectivity index (χ0) is 10.5. The summed E-state index contributed by atoms with van der Waals surface area (Å²) in [5.74, 6) is 0.712. The molecule has 2 rings (SSSR count). The molecule has 0 aromatic heterocycles. The Bertz CT molecular complexity index is 280. The summed E-state index contributed by atoms with van der Waals surface area (Å²) < 4.78 is 0. The first-order valence-corrected chi connectivity index (χ1v) is 5.64. The van der Waals surface area contributed by atoms with Crippen molar-refractivity contribution in [1.29, 1.82) is 0 Å². The van der Waals surface area contributed by atoms with Gasteiger partial charge in [-0.2, -0.15) is 0 Å². The number of rotatable bonds is 0. The molecule has 76 valence electrons. The van der Waals surface area contributed by atoms with Gasteiger partial charge in [0, 0.05) is 24.7 Å². The second kappa shape index (κ2) is 3.05. The summed E-state index contributed by atoms with van der Waals surface area (Å²) in [7, 11) is 8.60. The quantitative estimate of drug-likeness (QED) is 0.529. The van der Waals surface area contributed by atoms with Gasteiger partial charge in [-0.15, -0.1) is 0 Å². The zero-order valence-corrected chi connectivity index (χ0v) is 9.80. The molecule has 0 aromatic carbocycles. The normalized spacial score (nSPS) is 43.0. The van der Waals surface area contributed by atoms with Gasteiger partial charge in [-0.1, -0.05) is 19.8 Å². The Morgan fingerprint density at radius 3 is 2.64 bits per heavy atom. The van der Waals surface area contributed by atoms with Gasteiger partial charge in [-0.05, 0) is 31.2 Å². The highest BCUT2D eigenvalue weighted by Crippen LogP contribution is 2.52. The average molecular weight is 189 g/mol. The summed E-state index contributed by atoms with van der Waals surface area (Å²) in [6, 6.07) is 0.538. The smallest absolute Gasteiger partial charge is 0.0770 e. The van der Waals surface area contributed by atoms with Gasteiger partial charge in [-0.3, -0.25) is 0 Å². The fourth-order valence-corrected chi connectivity index (χ4v) is 3.39. The van der Waals surface area contributed by atoms with Gasteiger partial charge in [-0.25, -0.2) is 0 Å². The highest BCUT2D eigenvalue weighted by atomic mass is 15.2. The molecule has 3 unspecified atom stereocenters. The van der Waals surface area contributed by atoms with Crippen LogP contribution in [0.4, 0.5) is 0 Å². The van der Waals surface area contributed by atoms with E-state index < -0.39 is 0 Å². The van der Waals surface area contributed by atoms with Crippen LogP contribution in [0.15, 0.2) is 11.3 Å². The predicted octanol–water partition coefficient (Wildman–Crippen LogP) is 2.74. The van der Waals surface area contributed by atoms with E-state index in [1.54, 1.807) is 5.57 Å². The fourth-order valence-electron chi connectivity index (χ4n) is 3.39. The summed E-state index contributed by atoms with van der Waals surface area (Å²) in [5.41, 5.74) is 3.01. The maximum atomic E-state index is 6.41. The molecule has 2 aliphatic rings. The fraction of sp³-hybridized carbons (Fsp3) is 0.833. The molecule has 2 heteroatoms. The summed E-state index contributed by atoms with van der Waals surface area (Å²) >= 11 is 0. The van der Waals surface area contributed by atoms with Crippen molar-refractivity contribution >= 4 is 7.85 Å². The molecule has 1 aliphatic carbocycles. The van der Waals surface area contributed by atoms with Crippen LogP contribution in [0, 0.1) is 5.92 Å². The van der Waals surface area contributed by atoms with Crippen LogP contribution in [-0.2, 0) is 0 Å². The Balaban J connectivity index is 2.34. The summed E-state index contributed by atoms with van der Waals surface area (Å²) in [6.07, 6.45) is 3.77. The van der Waals surface area contributed by atoms with E-state index >= 15 is 0 Å². The molecule has 0 aromatic rings. The molecule has 1 heterocycles. The van der Waals surface area contributed by atoms with Crippen LogP contribution < -0.4 is 0 Å². The molecule has 3 atom stereocenters. The van der Waals surface area contributed by atoms with Crippen molar-refractivity contribution in [1.82, 2.24) is 4.90 Å². The molecular weight excluding hydrogens is 169 g/mol. The van der Waals surface area contributed by atoms with Crippen LogP contribution >= 0.6 is 0 Å². The van der Waals surface area contributed by atoms with Gasteiger partial charge < -0.3 is 4.90 Å². The number of hydrogen-bond donors (Lipinski definition) is 0. The first-order valence-electron chi connectivity index (χ1n) is 5.64. The molecule has 1 nitrogen and oxygen atoms in total. The monoisotopic (exact) mass is 189 g/mol. The molecule has 14 heavy (non-hydrogen) atoms. The molecular formula is C12H20BN. The lowest BCUT2D eigenvalue weighted by molar-refractivity contribution is 0.169. The molecule has 1 aliphatic heterocycles. The van der Waals surface area contributed by atoms with Crippen LogP contribution in [-0.4, -0.2) is 25.8 Å². The summed E-state index contributed by atoms with van der Waals surface area (Å²) in [5, 5.41) is -0.00329. The first-order chi connectivity index (χ1) is 6.45. The van der Waals surface area contributed by atoms with E-state index in [9.17, 15) is 0 Å². The molecule has 1 fully saturated rings. The van der Waals surface area contributed by atoms with Gasteiger partial charge in [0.2, 0.25) is 0 Å². The van der Waals surface area contributed by atoms with E-state index in [0.717, 1.165) is 0 Å². The van der Waals surface area contributed by atoms with Gasteiger partial charge in [0.15, 0.2) is 0 Å². The number of allylic oxidation sites excluding steroid dienone is 1. The highest BCUT2D eigenvalue weighted by Gasteiger charge is 2.45.